The van der Waals surface area contributed by atoms with Crippen LogP contribution in [0.25, 0.3) is 0 Å². The van der Waals surface area contributed by atoms with E-state index in [1.807, 2.05) is 31.2 Å². The summed E-state index contributed by atoms with van der Waals surface area (Å²) in [4.78, 5) is 11.3. The third kappa shape index (κ3) is 3.32. The average Bonchev–Trinajstić information content (AvgIpc) is 2.29. The predicted octanol–water partition coefficient (Wildman–Crippen LogP) is 1.90. The molecule has 3 nitrogen and oxygen atoms in total. The Kier molecular flexibility index (Phi) is 4.41. The van der Waals surface area contributed by atoms with Crippen LogP contribution in [0, 0.1) is 11.8 Å². The Morgan fingerprint density at radius 3 is 2.88 bits per heavy atom. The second-order valence-electron chi connectivity index (χ2n) is 3.35. The van der Waals surface area contributed by atoms with Gasteiger partial charge in [0.2, 0.25) is 0 Å². The number of benzene rings is 1. The molecule has 0 radical (unpaired) electrons. The molecule has 1 aromatic carbocycles. The van der Waals surface area contributed by atoms with Gasteiger partial charge in [0.1, 0.15) is 5.75 Å². The quantitative estimate of drug-likeness (QED) is 0.785. The lowest BCUT2D eigenvalue weighted by Crippen LogP contribution is -2.24. The number of hydrogen-bond acceptors (Lipinski definition) is 2. The summed E-state index contributed by atoms with van der Waals surface area (Å²) in [6, 6.07) is 7.51. The lowest BCUT2D eigenvalue weighted by Gasteiger charge is -2.13. The summed E-state index contributed by atoms with van der Waals surface area (Å²) in [5.74, 6) is 5.52. The number of ether oxygens (including phenoxy) is 1. The van der Waals surface area contributed by atoms with Crippen molar-refractivity contribution in [3.05, 3.63) is 29.8 Å². The maximum atomic E-state index is 11.3. The topological polar surface area (TPSA) is 38.3 Å². The standard InChI is InChI=1S/C13H15NO2/c1-4-6-13(15)14-10(2)11-7-5-8-12(9-11)16-3/h5,7-10H,1-3H3,(H,14,15). The number of rotatable bonds is 3. The van der Waals surface area contributed by atoms with E-state index in [0.717, 1.165) is 11.3 Å². The number of hydrogen-bond donors (Lipinski definition) is 1. The highest BCUT2D eigenvalue weighted by atomic mass is 16.5. The van der Waals surface area contributed by atoms with Crippen LogP contribution in [-0.4, -0.2) is 13.0 Å². The zero-order valence-electron chi connectivity index (χ0n) is 9.70. The van der Waals surface area contributed by atoms with Gasteiger partial charge in [-0.3, -0.25) is 4.79 Å². The highest BCUT2D eigenvalue weighted by Gasteiger charge is 2.08. The van der Waals surface area contributed by atoms with Crippen LogP contribution < -0.4 is 10.1 Å². The highest BCUT2D eigenvalue weighted by molar-refractivity contribution is 5.93. The first-order valence-corrected chi connectivity index (χ1v) is 5.04. The van der Waals surface area contributed by atoms with Gasteiger partial charge in [0.15, 0.2) is 0 Å². The van der Waals surface area contributed by atoms with E-state index in [1.165, 1.54) is 0 Å². The number of nitrogens with one attached hydrogen (secondary N) is 1. The third-order valence-electron chi connectivity index (χ3n) is 2.18. The molecule has 0 saturated carbocycles. The normalized spacial score (nSPS) is 10.9. The Hall–Kier alpha value is -1.95. The van der Waals surface area contributed by atoms with Crippen molar-refractivity contribution in [2.45, 2.75) is 19.9 Å². The minimum Gasteiger partial charge on any atom is -0.497 e. The van der Waals surface area contributed by atoms with Crippen molar-refractivity contribution in [3.63, 3.8) is 0 Å². The Balaban J connectivity index is 2.74. The van der Waals surface area contributed by atoms with E-state index in [-0.39, 0.29) is 11.9 Å². The summed E-state index contributed by atoms with van der Waals surface area (Å²) in [7, 11) is 1.62. The highest BCUT2D eigenvalue weighted by Crippen LogP contribution is 2.18. The SMILES string of the molecule is CC#CC(=O)NC(C)c1cccc(OC)c1. The molecular formula is C13H15NO2. The molecule has 84 valence electrons. The van der Waals surface area contributed by atoms with Crippen LogP contribution in [0.3, 0.4) is 0 Å². The molecule has 0 fully saturated rings. The molecule has 0 aliphatic carbocycles. The fourth-order valence-corrected chi connectivity index (χ4v) is 1.34. The van der Waals surface area contributed by atoms with Crippen molar-refractivity contribution in [1.82, 2.24) is 5.32 Å². The molecule has 3 heteroatoms. The van der Waals surface area contributed by atoms with Gasteiger partial charge in [-0.1, -0.05) is 18.1 Å². The second kappa shape index (κ2) is 5.82. The Morgan fingerprint density at radius 1 is 1.50 bits per heavy atom. The molecule has 16 heavy (non-hydrogen) atoms. The smallest absolute Gasteiger partial charge is 0.296 e. The van der Waals surface area contributed by atoms with E-state index in [0.29, 0.717) is 0 Å². The molecule has 0 heterocycles. The van der Waals surface area contributed by atoms with Crippen molar-refractivity contribution < 1.29 is 9.53 Å². The first kappa shape index (κ1) is 12.1. The minimum absolute atomic E-state index is 0.0801. The van der Waals surface area contributed by atoms with Crippen molar-refractivity contribution in [2.75, 3.05) is 7.11 Å². The minimum atomic E-state index is -0.266. The Morgan fingerprint density at radius 2 is 2.25 bits per heavy atom. The average molecular weight is 217 g/mol. The van der Waals surface area contributed by atoms with Gasteiger partial charge in [-0.25, -0.2) is 0 Å². The van der Waals surface area contributed by atoms with Crippen molar-refractivity contribution >= 4 is 5.91 Å². The molecule has 0 aliphatic heterocycles. The lowest BCUT2D eigenvalue weighted by molar-refractivity contribution is -0.116. The first-order valence-electron chi connectivity index (χ1n) is 5.04. The molecule has 1 rings (SSSR count). The first-order chi connectivity index (χ1) is 7.67. The Labute approximate surface area is 95.8 Å². The van der Waals surface area contributed by atoms with E-state index >= 15 is 0 Å². The molecule has 1 aromatic rings. The molecule has 0 saturated heterocycles. The van der Waals surface area contributed by atoms with Crippen LogP contribution in [0.5, 0.6) is 5.75 Å². The predicted molar refractivity (Wildman–Crippen MR) is 63.0 cm³/mol. The summed E-state index contributed by atoms with van der Waals surface area (Å²) in [5, 5.41) is 2.78. The zero-order valence-corrected chi connectivity index (χ0v) is 9.70. The molecule has 0 spiro atoms. The summed E-state index contributed by atoms with van der Waals surface area (Å²) in [5.41, 5.74) is 0.991. The number of methoxy groups -OCH3 is 1. The van der Waals surface area contributed by atoms with Crippen molar-refractivity contribution in [2.24, 2.45) is 0 Å². The third-order valence-corrected chi connectivity index (χ3v) is 2.18. The van der Waals surface area contributed by atoms with Gasteiger partial charge in [-0.2, -0.15) is 0 Å². The van der Waals surface area contributed by atoms with Gasteiger partial charge in [-0.15, -0.1) is 0 Å². The van der Waals surface area contributed by atoms with Crippen molar-refractivity contribution in [1.29, 1.82) is 0 Å². The van der Waals surface area contributed by atoms with Gasteiger partial charge < -0.3 is 10.1 Å². The molecular weight excluding hydrogens is 202 g/mol. The number of carbonyl (C=O) groups is 1. The second-order valence-corrected chi connectivity index (χ2v) is 3.35. The summed E-state index contributed by atoms with van der Waals surface area (Å²) >= 11 is 0. The van der Waals surface area contributed by atoms with Gasteiger partial charge in [-0.05, 0) is 37.5 Å². The zero-order chi connectivity index (χ0) is 12.0. The van der Waals surface area contributed by atoms with Gasteiger partial charge >= 0.3 is 0 Å². The summed E-state index contributed by atoms with van der Waals surface area (Å²) in [6.07, 6.45) is 0. The van der Waals surface area contributed by atoms with E-state index in [4.69, 9.17) is 4.74 Å². The number of amides is 1. The van der Waals surface area contributed by atoms with Crippen LogP contribution in [0.1, 0.15) is 25.5 Å². The van der Waals surface area contributed by atoms with Crippen LogP contribution in [0.15, 0.2) is 24.3 Å². The molecule has 1 atom stereocenters. The maximum Gasteiger partial charge on any atom is 0.296 e. The van der Waals surface area contributed by atoms with Crippen LogP contribution >= 0.6 is 0 Å². The van der Waals surface area contributed by atoms with Gasteiger partial charge in [0, 0.05) is 0 Å². The Bertz CT molecular complexity index is 429. The fourth-order valence-electron chi connectivity index (χ4n) is 1.34. The van der Waals surface area contributed by atoms with Crippen molar-refractivity contribution in [3.8, 4) is 17.6 Å². The molecule has 1 N–H and O–H groups in total. The van der Waals surface area contributed by atoms with Crippen LogP contribution in [0.4, 0.5) is 0 Å². The van der Waals surface area contributed by atoms with Crippen LogP contribution in [0.2, 0.25) is 0 Å². The van der Waals surface area contributed by atoms with E-state index in [1.54, 1.807) is 14.0 Å². The lowest BCUT2D eigenvalue weighted by atomic mass is 10.1. The summed E-state index contributed by atoms with van der Waals surface area (Å²) in [6.45, 7) is 3.54. The van der Waals surface area contributed by atoms with E-state index < -0.39 is 0 Å². The molecule has 0 aliphatic rings. The molecule has 0 bridgehead atoms. The largest absolute Gasteiger partial charge is 0.497 e. The maximum absolute atomic E-state index is 11.3. The molecule has 1 unspecified atom stereocenters. The monoisotopic (exact) mass is 217 g/mol. The fraction of sp³-hybridized carbons (Fsp3) is 0.308. The van der Waals surface area contributed by atoms with Gasteiger partial charge in [0.05, 0.1) is 13.2 Å². The van der Waals surface area contributed by atoms with E-state index in [2.05, 4.69) is 17.2 Å². The molecule has 0 aromatic heterocycles. The van der Waals surface area contributed by atoms with E-state index in [9.17, 15) is 4.79 Å². The van der Waals surface area contributed by atoms with Crippen LogP contribution in [-0.2, 0) is 4.79 Å². The molecule has 1 amide bonds. The summed E-state index contributed by atoms with van der Waals surface area (Å²) < 4.78 is 5.12. The van der Waals surface area contributed by atoms with Gasteiger partial charge in [0.25, 0.3) is 5.91 Å². The number of carbonyl (C=O) groups excluding carboxylic acids is 1.